The highest BCUT2D eigenvalue weighted by Gasteiger charge is 2.09. The number of hydrogen-bond acceptors (Lipinski definition) is 4. The lowest BCUT2D eigenvalue weighted by molar-refractivity contribution is 0.103. The molecular formula is C10H11O4. The van der Waals surface area contributed by atoms with Crippen LogP contribution in [0.1, 0.15) is 6.92 Å². The van der Waals surface area contributed by atoms with Crippen molar-refractivity contribution in [2.45, 2.75) is 6.92 Å². The van der Waals surface area contributed by atoms with Crippen LogP contribution >= 0.6 is 0 Å². The van der Waals surface area contributed by atoms with Gasteiger partial charge in [-0.2, -0.15) is 0 Å². The van der Waals surface area contributed by atoms with E-state index in [9.17, 15) is 4.79 Å². The van der Waals surface area contributed by atoms with Gasteiger partial charge >= 0.3 is 6.16 Å². The van der Waals surface area contributed by atoms with Gasteiger partial charge in [-0.3, -0.25) is 0 Å². The number of benzene rings is 1. The molecule has 0 bridgehead atoms. The van der Waals surface area contributed by atoms with E-state index in [1.807, 2.05) is 0 Å². The summed E-state index contributed by atoms with van der Waals surface area (Å²) in [6.45, 7) is 1.97. The van der Waals surface area contributed by atoms with Crippen LogP contribution in [0.15, 0.2) is 18.2 Å². The molecule has 0 saturated carbocycles. The van der Waals surface area contributed by atoms with Crippen molar-refractivity contribution in [3.8, 4) is 11.5 Å². The Balaban J connectivity index is 2.70. The van der Waals surface area contributed by atoms with Crippen molar-refractivity contribution in [2.24, 2.45) is 0 Å². The van der Waals surface area contributed by atoms with E-state index in [2.05, 4.69) is 10.8 Å². The predicted octanol–water partition coefficient (Wildman–Crippen LogP) is 2.03. The molecule has 1 radical (unpaired) electrons. The lowest BCUT2D eigenvalue weighted by Gasteiger charge is -2.07. The van der Waals surface area contributed by atoms with E-state index in [1.165, 1.54) is 7.11 Å². The second-order valence-electron chi connectivity index (χ2n) is 2.35. The molecule has 1 aromatic carbocycles. The molecule has 0 aromatic heterocycles. The quantitative estimate of drug-likeness (QED) is 0.546. The Bertz CT molecular complexity index is 309. The van der Waals surface area contributed by atoms with Gasteiger partial charge in [-0.05, 0) is 13.0 Å². The summed E-state index contributed by atoms with van der Waals surface area (Å²) in [4.78, 5) is 11.0. The first-order chi connectivity index (χ1) is 6.77. The molecule has 0 saturated heterocycles. The van der Waals surface area contributed by atoms with Crippen molar-refractivity contribution >= 4 is 6.16 Å². The molecule has 0 N–H and O–H groups in total. The molecule has 14 heavy (non-hydrogen) atoms. The van der Waals surface area contributed by atoms with E-state index in [-0.39, 0.29) is 12.4 Å². The molecule has 0 spiro atoms. The van der Waals surface area contributed by atoms with Gasteiger partial charge in [0.1, 0.15) is 0 Å². The Hall–Kier alpha value is -1.71. The molecule has 0 aliphatic rings. The Morgan fingerprint density at radius 3 is 3.00 bits per heavy atom. The summed E-state index contributed by atoms with van der Waals surface area (Å²) in [6.07, 6.45) is -0.756. The van der Waals surface area contributed by atoms with Crippen molar-refractivity contribution in [1.29, 1.82) is 0 Å². The van der Waals surface area contributed by atoms with Gasteiger partial charge in [0.25, 0.3) is 0 Å². The van der Waals surface area contributed by atoms with Gasteiger partial charge in [-0.15, -0.1) is 0 Å². The number of ether oxygens (including phenoxy) is 3. The maximum absolute atomic E-state index is 11.0. The van der Waals surface area contributed by atoms with Crippen LogP contribution in [0.3, 0.4) is 0 Å². The second kappa shape index (κ2) is 5.11. The van der Waals surface area contributed by atoms with E-state index in [0.29, 0.717) is 5.75 Å². The first kappa shape index (κ1) is 10.4. The van der Waals surface area contributed by atoms with Gasteiger partial charge in [-0.25, -0.2) is 4.79 Å². The number of para-hydroxylation sites is 1. The van der Waals surface area contributed by atoms with Crippen LogP contribution in [0.2, 0.25) is 0 Å². The molecule has 1 rings (SSSR count). The molecule has 0 fully saturated rings. The average Bonchev–Trinajstić information content (AvgIpc) is 2.19. The van der Waals surface area contributed by atoms with Crippen LogP contribution in [-0.2, 0) is 4.74 Å². The predicted molar refractivity (Wildman–Crippen MR) is 49.5 cm³/mol. The molecule has 0 heterocycles. The van der Waals surface area contributed by atoms with Crippen LogP contribution in [0.5, 0.6) is 11.5 Å². The largest absolute Gasteiger partial charge is 0.513 e. The molecule has 0 aliphatic carbocycles. The van der Waals surface area contributed by atoms with Crippen molar-refractivity contribution < 1.29 is 19.0 Å². The molecular weight excluding hydrogens is 184 g/mol. The third-order valence-electron chi connectivity index (χ3n) is 1.45. The van der Waals surface area contributed by atoms with E-state index < -0.39 is 6.16 Å². The van der Waals surface area contributed by atoms with Gasteiger partial charge in [0.15, 0.2) is 11.5 Å². The number of methoxy groups -OCH3 is 1. The SMILES string of the molecule is CCOC(=O)Oc1[c]cccc1OC. The fourth-order valence-electron chi connectivity index (χ4n) is 0.877. The summed E-state index contributed by atoms with van der Waals surface area (Å²) >= 11 is 0. The minimum atomic E-state index is -0.756. The van der Waals surface area contributed by atoms with Gasteiger partial charge < -0.3 is 14.2 Å². The number of rotatable bonds is 3. The molecule has 0 amide bonds. The highest BCUT2D eigenvalue weighted by Crippen LogP contribution is 2.25. The number of carbonyl (C=O) groups excluding carboxylic acids is 1. The highest BCUT2D eigenvalue weighted by molar-refractivity contribution is 5.65. The van der Waals surface area contributed by atoms with Gasteiger partial charge in [0.05, 0.1) is 13.7 Å². The summed E-state index contributed by atoms with van der Waals surface area (Å²) in [5.41, 5.74) is 0. The van der Waals surface area contributed by atoms with Crippen molar-refractivity contribution in [1.82, 2.24) is 0 Å². The maximum Gasteiger partial charge on any atom is 0.513 e. The van der Waals surface area contributed by atoms with Gasteiger partial charge in [-0.1, -0.05) is 12.1 Å². The minimum absolute atomic E-state index is 0.230. The topological polar surface area (TPSA) is 44.8 Å². The normalized spacial score (nSPS) is 9.29. The number of carbonyl (C=O) groups is 1. The second-order valence-corrected chi connectivity index (χ2v) is 2.35. The number of hydrogen-bond donors (Lipinski definition) is 0. The fourth-order valence-corrected chi connectivity index (χ4v) is 0.877. The van der Waals surface area contributed by atoms with E-state index in [0.717, 1.165) is 0 Å². The van der Waals surface area contributed by atoms with Crippen molar-refractivity contribution in [2.75, 3.05) is 13.7 Å². The summed E-state index contributed by atoms with van der Waals surface area (Å²) in [5, 5.41) is 0. The fraction of sp³-hybridized carbons (Fsp3) is 0.300. The standard InChI is InChI=1S/C10H11O4/c1-3-13-10(11)14-9-7-5-4-6-8(9)12-2/h4-6H,3H2,1-2H3. The molecule has 4 nitrogen and oxygen atoms in total. The van der Waals surface area contributed by atoms with Crippen molar-refractivity contribution in [3.05, 3.63) is 24.3 Å². The molecule has 4 heteroatoms. The minimum Gasteiger partial charge on any atom is -0.493 e. The van der Waals surface area contributed by atoms with Crippen molar-refractivity contribution in [3.63, 3.8) is 0 Å². The lowest BCUT2D eigenvalue weighted by atomic mass is 10.3. The zero-order chi connectivity index (χ0) is 10.4. The third kappa shape index (κ3) is 2.65. The van der Waals surface area contributed by atoms with Crippen LogP contribution in [0.25, 0.3) is 0 Å². The van der Waals surface area contributed by atoms with Crippen LogP contribution in [0, 0.1) is 6.07 Å². The monoisotopic (exact) mass is 195 g/mol. The third-order valence-corrected chi connectivity index (χ3v) is 1.45. The maximum atomic E-state index is 11.0. The van der Waals surface area contributed by atoms with Gasteiger partial charge in [0.2, 0.25) is 0 Å². The molecule has 0 aliphatic heterocycles. The lowest BCUT2D eigenvalue weighted by Crippen LogP contribution is -2.10. The molecule has 0 atom stereocenters. The summed E-state index contributed by atoms with van der Waals surface area (Å²) in [5.74, 6) is 0.675. The molecule has 75 valence electrons. The Morgan fingerprint density at radius 2 is 2.36 bits per heavy atom. The zero-order valence-corrected chi connectivity index (χ0v) is 8.07. The molecule has 0 unspecified atom stereocenters. The molecule has 1 aromatic rings. The van der Waals surface area contributed by atoms with Crippen LogP contribution in [0.4, 0.5) is 4.79 Å². The smallest absolute Gasteiger partial charge is 0.493 e. The average molecular weight is 195 g/mol. The van der Waals surface area contributed by atoms with Gasteiger partial charge in [0, 0.05) is 6.07 Å². The first-order valence-corrected chi connectivity index (χ1v) is 4.17. The van der Waals surface area contributed by atoms with E-state index in [4.69, 9.17) is 9.47 Å². The highest BCUT2D eigenvalue weighted by atomic mass is 16.7. The summed E-state index contributed by atoms with van der Waals surface area (Å²) in [6, 6.07) is 7.76. The Kier molecular flexibility index (Phi) is 3.79. The summed E-state index contributed by atoms with van der Waals surface area (Å²) in [7, 11) is 1.49. The van der Waals surface area contributed by atoms with Crippen LogP contribution in [-0.4, -0.2) is 19.9 Å². The summed E-state index contributed by atoms with van der Waals surface area (Å²) < 4.78 is 14.4. The Labute approximate surface area is 82.4 Å². The Morgan fingerprint density at radius 1 is 1.57 bits per heavy atom. The van der Waals surface area contributed by atoms with E-state index in [1.54, 1.807) is 25.1 Å². The van der Waals surface area contributed by atoms with E-state index >= 15 is 0 Å². The first-order valence-electron chi connectivity index (χ1n) is 4.17. The zero-order valence-electron chi connectivity index (χ0n) is 8.07. The van der Waals surface area contributed by atoms with Crippen LogP contribution < -0.4 is 9.47 Å².